The molecule has 1 atom stereocenters. The molecular formula is C24H24Cl2F2N2O4. The molecule has 0 aromatic heterocycles. The molecule has 0 saturated carbocycles. The molecule has 1 saturated heterocycles. The van der Waals surface area contributed by atoms with Gasteiger partial charge in [-0.25, -0.2) is 8.78 Å². The summed E-state index contributed by atoms with van der Waals surface area (Å²) in [6, 6.07) is 9.71. The standard InChI is InChI=1S/C24H24Cl2F2N2O4/c1-33-20-5-3-16(13-21(20)34-11-10-29-8-6-24(27,28)7-9-29)30-22(31)14-17(23(30)32)15-2-4-18(25)19(26)12-15/h2-5,12-14,22,31H,6-11H2,1H3. The van der Waals surface area contributed by atoms with Crippen molar-refractivity contribution < 1.29 is 28.2 Å². The fourth-order valence-corrected chi connectivity index (χ4v) is 4.31. The number of amides is 1. The zero-order valence-electron chi connectivity index (χ0n) is 18.4. The van der Waals surface area contributed by atoms with Crippen molar-refractivity contribution in [3.8, 4) is 11.5 Å². The highest BCUT2D eigenvalue weighted by atomic mass is 35.5. The second kappa shape index (κ2) is 10.1. The summed E-state index contributed by atoms with van der Waals surface area (Å²) in [5, 5.41) is 11.3. The van der Waals surface area contributed by atoms with Crippen LogP contribution < -0.4 is 14.4 Å². The van der Waals surface area contributed by atoms with Crippen molar-refractivity contribution in [3.05, 3.63) is 58.1 Å². The SMILES string of the molecule is COc1ccc(N2C(=O)C(c3ccc(Cl)c(Cl)c3)=CC2O)cc1OCCN1CCC(F)(F)CC1. The molecular weight excluding hydrogens is 489 g/mol. The fraction of sp³-hybridized carbons (Fsp3) is 0.375. The smallest absolute Gasteiger partial charge is 0.261 e. The van der Waals surface area contributed by atoms with Crippen LogP contribution in [0.4, 0.5) is 14.5 Å². The number of ether oxygens (including phenoxy) is 2. The molecule has 2 aromatic carbocycles. The summed E-state index contributed by atoms with van der Waals surface area (Å²) in [6.45, 7) is 1.36. The van der Waals surface area contributed by atoms with E-state index in [1.807, 2.05) is 4.90 Å². The largest absolute Gasteiger partial charge is 0.493 e. The van der Waals surface area contributed by atoms with Crippen molar-refractivity contribution in [3.63, 3.8) is 0 Å². The molecule has 4 rings (SSSR count). The third-order valence-corrected chi connectivity index (χ3v) is 6.68. The minimum atomic E-state index is -2.59. The van der Waals surface area contributed by atoms with E-state index in [1.165, 1.54) is 18.1 Å². The van der Waals surface area contributed by atoms with Crippen molar-refractivity contribution in [1.82, 2.24) is 4.90 Å². The lowest BCUT2D eigenvalue weighted by atomic mass is 10.1. The normalized spacial score (nSPS) is 20.4. The number of rotatable bonds is 7. The van der Waals surface area contributed by atoms with Crippen LogP contribution in [0, 0.1) is 0 Å². The number of anilines is 1. The fourth-order valence-electron chi connectivity index (χ4n) is 4.01. The predicted molar refractivity (Wildman–Crippen MR) is 127 cm³/mol. The molecule has 1 N–H and O–H groups in total. The van der Waals surface area contributed by atoms with Crippen LogP contribution in [0.1, 0.15) is 18.4 Å². The second-order valence-corrected chi connectivity index (χ2v) is 8.99. The molecule has 0 bridgehead atoms. The Labute approximate surface area is 206 Å². The van der Waals surface area contributed by atoms with Gasteiger partial charge < -0.3 is 14.6 Å². The quantitative estimate of drug-likeness (QED) is 0.573. The summed E-state index contributed by atoms with van der Waals surface area (Å²) >= 11 is 12.1. The summed E-state index contributed by atoms with van der Waals surface area (Å²) in [7, 11) is 1.49. The van der Waals surface area contributed by atoms with Crippen molar-refractivity contribution in [2.24, 2.45) is 0 Å². The van der Waals surface area contributed by atoms with E-state index in [0.29, 0.717) is 58.0 Å². The van der Waals surface area contributed by atoms with Gasteiger partial charge >= 0.3 is 0 Å². The van der Waals surface area contributed by atoms with Gasteiger partial charge in [0.1, 0.15) is 6.61 Å². The Morgan fingerprint density at radius 1 is 1.09 bits per heavy atom. The number of hydrogen-bond donors (Lipinski definition) is 1. The first-order chi connectivity index (χ1) is 16.2. The number of aliphatic hydroxyl groups excluding tert-OH is 1. The molecule has 1 amide bonds. The lowest BCUT2D eigenvalue weighted by Gasteiger charge is -2.31. The lowest BCUT2D eigenvalue weighted by molar-refractivity contribution is -0.113. The predicted octanol–water partition coefficient (Wildman–Crippen LogP) is 4.86. The number of carbonyl (C=O) groups excluding carboxylic acids is 1. The van der Waals surface area contributed by atoms with Gasteiger partial charge in [0.05, 0.1) is 22.8 Å². The van der Waals surface area contributed by atoms with Gasteiger partial charge in [0.25, 0.3) is 11.8 Å². The number of alkyl halides is 2. The van der Waals surface area contributed by atoms with E-state index >= 15 is 0 Å². The zero-order valence-corrected chi connectivity index (χ0v) is 20.0. The van der Waals surface area contributed by atoms with Crippen molar-refractivity contribution in [2.75, 3.05) is 38.3 Å². The highest BCUT2D eigenvalue weighted by Crippen LogP contribution is 2.37. The van der Waals surface area contributed by atoms with Crippen LogP contribution in [0.25, 0.3) is 5.57 Å². The molecule has 0 spiro atoms. The molecule has 0 radical (unpaired) electrons. The molecule has 1 fully saturated rings. The number of hydrogen-bond acceptors (Lipinski definition) is 5. The van der Waals surface area contributed by atoms with Crippen LogP contribution in [-0.2, 0) is 4.79 Å². The maximum Gasteiger partial charge on any atom is 0.261 e. The Morgan fingerprint density at radius 3 is 2.50 bits per heavy atom. The van der Waals surface area contributed by atoms with Gasteiger partial charge in [-0.1, -0.05) is 29.3 Å². The number of likely N-dealkylation sites (tertiary alicyclic amines) is 1. The van der Waals surface area contributed by atoms with Crippen molar-refractivity contribution in [2.45, 2.75) is 25.0 Å². The Balaban J connectivity index is 1.46. The topological polar surface area (TPSA) is 62.2 Å². The molecule has 2 aliphatic heterocycles. The van der Waals surface area contributed by atoms with Gasteiger partial charge in [-0.05, 0) is 35.9 Å². The lowest BCUT2D eigenvalue weighted by Crippen LogP contribution is -2.41. The van der Waals surface area contributed by atoms with Crippen LogP contribution in [0.2, 0.25) is 10.0 Å². The van der Waals surface area contributed by atoms with E-state index in [4.69, 9.17) is 32.7 Å². The number of nitrogens with zero attached hydrogens (tertiary/aromatic N) is 2. The minimum absolute atomic E-state index is 0.158. The van der Waals surface area contributed by atoms with Crippen LogP contribution in [0.5, 0.6) is 11.5 Å². The average molecular weight is 513 g/mol. The average Bonchev–Trinajstić information content (AvgIpc) is 3.10. The van der Waals surface area contributed by atoms with Gasteiger partial charge in [0.2, 0.25) is 0 Å². The van der Waals surface area contributed by atoms with Gasteiger partial charge in [0, 0.05) is 44.1 Å². The van der Waals surface area contributed by atoms with E-state index in [9.17, 15) is 18.7 Å². The first-order valence-electron chi connectivity index (χ1n) is 10.8. The number of methoxy groups -OCH3 is 1. The zero-order chi connectivity index (χ0) is 24.5. The maximum absolute atomic E-state index is 13.3. The van der Waals surface area contributed by atoms with Gasteiger partial charge in [-0.2, -0.15) is 0 Å². The monoisotopic (exact) mass is 512 g/mol. The molecule has 2 aliphatic rings. The maximum atomic E-state index is 13.3. The Hall–Kier alpha value is -2.39. The Kier molecular flexibility index (Phi) is 7.33. The third kappa shape index (κ3) is 5.30. The van der Waals surface area contributed by atoms with E-state index in [2.05, 4.69) is 0 Å². The molecule has 2 aromatic rings. The van der Waals surface area contributed by atoms with Crippen LogP contribution in [-0.4, -0.2) is 61.4 Å². The highest BCUT2D eigenvalue weighted by molar-refractivity contribution is 6.42. The van der Waals surface area contributed by atoms with E-state index < -0.39 is 18.1 Å². The van der Waals surface area contributed by atoms with Crippen LogP contribution >= 0.6 is 23.2 Å². The van der Waals surface area contributed by atoms with E-state index in [-0.39, 0.29) is 19.4 Å². The Morgan fingerprint density at radius 2 is 1.82 bits per heavy atom. The number of benzene rings is 2. The van der Waals surface area contributed by atoms with Crippen molar-refractivity contribution in [1.29, 1.82) is 0 Å². The molecule has 182 valence electrons. The van der Waals surface area contributed by atoms with Gasteiger partial charge in [0.15, 0.2) is 17.7 Å². The van der Waals surface area contributed by atoms with E-state index in [0.717, 1.165) is 0 Å². The summed E-state index contributed by atoms with van der Waals surface area (Å²) < 4.78 is 37.9. The van der Waals surface area contributed by atoms with E-state index in [1.54, 1.807) is 36.4 Å². The summed E-state index contributed by atoms with van der Waals surface area (Å²) in [4.78, 5) is 16.3. The summed E-state index contributed by atoms with van der Waals surface area (Å²) in [6.07, 6.45) is -0.0592. The van der Waals surface area contributed by atoms with Crippen LogP contribution in [0.15, 0.2) is 42.5 Å². The number of aliphatic hydroxyl groups is 1. The molecule has 1 unspecified atom stereocenters. The minimum Gasteiger partial charge on any atom is -0.493 e. The number of carbonyl (C=O) groups is 1. The van der Waals surface area contributed by atoms with Crippen LogP contribution in [0.3, 0.4) is 0 Å². The third-order valence-electron chi connectivity index (χ3n) is 5.94. The first kappa shape index (κ1) is 24.7. The first-order valence-corrected chi connectivity index (χ1v) is 11.5. The van der Waals surface area contributed by atoms with Gasteiger partial charge in [-0.3, -0.25) is 14.6 Å². The molecule has 10 heteroatoms. The Bertz CT molecular complexity index is 1100. The summed E-state index contributed by atoms with van der Waals surface area (Å²) in [5.41, 5.74) is 1.25. The number of halogens is 4. The molecule has 34 heavy (non-hydrogen) atoms. The van der Waals surface area contributed by atoms with Gasteiger partial charge in [-0.15, -0.1) is 0 Å². The summed E-state index contributed by atoms with van der Waals surface area (Å²) in [5.74, 6) is -2.17. The second-order valence-electron chi connectivity index (χ2n) is 8.18. The number of piperidine rings is 1. The molecule has 6 nitrogen and oxygen atoms in total. The molecule has 0 aliphatic carbocycles. The highest BCUT2D eigenvalue weighted by Gasteiger charge is 2.35. The van der Waals surface area contributed by atoms with Crippen molar-refractivity contribution >= 4 is 40.4 Å². The molecule has 2 heterocycles.